The maximum atomic E-state index is 12.8. The van der Waals surface area contributed by atoms with E-state index in [1.807, 2.05) is 0 Å². The van der Waals surface area contributed by atoms with Crippen LogP contribution in [0.5, 0.6) is 0 Å². The average Bonchev–Trinajstić information content (AvgIpc) is 2.36. The second-order valence-corrected chi connectivity index (χ2v) is 8.61. The summed E-state index contributed by atoms with van der Waals surface area (Å²) in [5.41, 5.74) is -0.642. The topological polar surface area (TPSA) is 77.9 Å². The van der Waals surface area contributed by atoms with E-state index in [1.54, 1.807) is 27.8 Å². The van der Waals surface area contributed by atoms with Gasteiger partial charge in [-0.15, -0.1) is 0 Å². The Balaban J connectivity index is 2.94. The van der Waals surface area contributed by atoms with E-state index < -0.39 is 21.7 Å². The zero-order chi connectivity index (χ0) is 16.3. The quantitative estimate of drug-likeness (QED) is 0.812. The van der Waals surface area contributed by atoms with Gasteiger partial charge in [0.05, 0.1) is 6.42 Å². The van der Waals surface area contributed by atoms with Crippen molar-refractivity contribution < 1.29 is 18.3 Å². The van der Waals surface area contributed by atoms with E-state index in [2.05, 4.69) is 0 Å². The number of nitrogens with zero attached hydrogens (tertiary/aromatic N) is 2. The van der Waals surface area contributed by atoms with Gasteiger partial charge in [-0.3, -0.25) is 4.79 Å². The fraction of sp³-hybridized carbons (Fsp3) is 0.929. The normalized spacial score (nSPS) is 18.4. The molecule has 124 valence electrons. The largest absolute Gasteiger partial charge is 0.481 e. The van der Waals surface area contributed by atoms with Crippen molar-refractivity contribution in [2.75, 3.05) is 13.6 Å². The summed E-state index contributed by atoms with van der Waals surface area (Å²) in [7, 11) is -2.03. The van der Waals surface area contributed by atoms with Crippen LogP contribution in [0.1, 0.15) is 59.3 Å². The molecule has 0 aromatic heterocycles. The van der Waals surface area contributed by atoms with Gasteiger partial charge < -0.3 is 5.11 Å². The third-order valence-electron chi connectivity index (χ3n) is 4.01. The molecule has 6 nitrogen and oxygen atoms in total. The molecule has 1 rings (SSSR count). The molecule has 1 fully saturated rings. The fourth-order valence-electron chi connectivity index (χ4n) is 2.78. The molecule has 1 N–H and O–H groups in total. The van der Waals surface area contributed by atoms with Crippen LogP contribution in [0.15, 0.2) is 0 Å². The Morgan fingerprint density at radius 3 is 2.14 bits per heavy atom. The molecule has 0 unspecified atom stereocenters. The number of carboxylic acid groups (broad SMARTS) is 1. The first kappa shape index (κ1) is 18.4. The van der Waals surface area contributed by atoms with Crippen LogP contribution in [0.3, 0.4) is 0 Å². The van der Waals surface area contributed by atoms with Crippen molar-refractivity contribution in [3.63, 3.8) is 0 Å². The molecular formula is C14H28N2O4S. The molecule has 1 aliphatic rings. The van der Waals surface area contributed by atoms with E-state index in [1.165, 1.54) is 8.61 Å². The number of rotatable bonds is 6. The van der Waals surface area contributed by atoms with Crippen LogP contribution < -0.4 is 0 Å². The van der Waals surface area contributed by atoms with Gasteiger partial charge >= 0.3 is 5.97 Å². The maximum absolute atomic E-state index is 12.8. The standard InChI is InChI=1S/C14H28N2O4S/c1-14(2,3)16(11-10-13(17)18)21(19,20)15(4)12-8-6-5-7-9-12/h12H,5-11H2,1-4H3,(H,17,18). The molecule has 1 saturated carbocycles. The second-order valence-electron chi connectivity index (χ2n) is 6.70. The Morgan fingerprint density at radius 2 is 1.71 bits per heavy atom. The molecule has 0 aromatic rings. The SMILES string of the molecule is CN(C1CCCCC1)S(=O)(=O)N(CCC(=O)O)C(C)(C)C. The lowest BCUT2D eigenvalue weighted by atomic mass is 9.96. The third-order valence-corrected chi connectivity index (χ3v) is 6.32. The lowest BCUT2D eigenvalue weighted by molar-refractivity contribution is -0.137. The van der Waals surface area contributed by atoms with Crippen molar-refractivity contribution in [3.05, 3.63) is 0 Å². The number of hydrogen-bond donors (Lipinski definition) is 1. The summed E-state index contributed by atoms with van der Waals surface area (Å²) < 4.78 is 28.4. The molecule has 1 aliphatic carbocycles. The van der Waals surface area contributed by atoms with Crippen LogP contribution in [0.25, 0.3) is 0 Å². The maximum Gasteiger partial charge on any atom is 0.304 e. The highest BCUT2D eigenvalue weighted by Crippen LogP contribution is 2.27. The Hall–Kier alpha value is -0.660. The molecule has 0 heterocycles. The summed E-state index contributed by atoms with van der Waals surface area (Å²) in [5.74, 6) is -0.986. The van der Waals surface area contributed by atoms with Gasteiger partial charge in [0, 0.05) is 25.2 Å². The molecular weight excluding hydrogens is 292 g/mol. The zero-order valence-electron chi connectivity index (χ0n) is 13.5. The van der Waals surface area contributed by atoms with E-state index in [0.29, 0.717) is 0 Å². The number of carbonyl (C=O) groups is 1. The van der Waals surface area contributed by atoms with Crippen molar-refractivity contribution in [2.24, 2.45) is 0 Å². The van der Waals surface area contributed by atoms with Gasteiger partial charge in [0.1, 0.15) is 0 Å². The van der Waals surface area contributed by atoms with Gasteiger partial charge in [-0.2, -0.15) is 17.0 Å². The first-order chi connectivity index (χ1) is 9.56. The molecule has 0 aromatic carbocycles. The molecule has 0 atom stereocenters. The third kappa shape index (κ3) is 4.93. The van der Waals surface area contributed by atoms with Crippen LogP contribution in [0, 0.1) is 0 Å². The smallest absolute Gasteiger partial charge is 0.304 e. The minimum absolute atomic E-state index is 0.00176. The van der Waals surface area contributed by atoms with Gasteiger partial charge in [-0.25, -0.2) is 0 Å². The van der Waals surface area contributed by atoms with Crippen LogP contribution in [-0.4, -0.2) is 53.3 Å². The molecule has 0 bridgehead atoms. The highest BCUT2D eigenvalue weighted by molar-refractivity contribution is 7.86. The predicted molar refractivity (Wildman–Crippen MR) is 82.3 cm³/mol. The van der Waals surface area contributed by atoms with Crippen molar-refractivity contribution in [1.29, 1.82) is 0 Å². The van der Waals surface area contributed by atoms with Crippen LogP contribution in [0.4, 0.5) is 0 Å². The lowest BCUT2D eigenvalue weighted by Crippen LogP contribution is -2.54. The molecule has 0 aliphatic heterocycles. The Morgan fingerprint density at radius 1 is 1.19 bits per heavy atom. The Kier molecular flexibility index (Phi) is 6.19. The minimum Gasteiger partial charge on any atom is -0.481 e. The summed E-state index contributed by atoms with van der Waals surface area (Å²) in [5, 5.41) is 8.85. The monoisotopic (exact) mass is 320 g/mol. The van der Waals surface area contributed by atoms with Gasteiger partial charge in [-0.05, 0) is 33.6 Å². The second kappa shape index (κ2) is 7.07. The van der Waals surface area contributed by atoms with Crippen molar-refractivity contribution in [2.45, 2.75) is 70.9 Å². The first-order valence-corrected chi connectivity index (χ1v) is 8.94. The fourth-order valence-corrected chi connectivity index (χ4v) is 4.70. The van der Waals surface area contributed by atoms with Crippen molar-refractivity contribution >= 4 is 16.2 Å². The van der Waals surface area contributed by atoms with Crippen molar-refractivity contribution in [3.8, 4) is 0 Å². The van der Waals surface area contributed by atoms with E-state index in [4.69, 9.17) is 5.11 Å². The van der Waals surface area contributed by atoms with E-state index in [0.717, 1.165) is 32.1 Å². The molecule has 0 amide bonds. The molecule has 21 heavy (non-hydrogen) atoms. The van der Waals surface area contributed by atoms with E-state index >= 15 is 0 Å². The first-order valence-electron chi connectivity index (χ1n) is 7.54. The lowest BCUT2D eigenvalue weighted by Gasteiger charge is -2.40. The summed E-state index contributed by atoms with van der Waals surface area (Å²) in [6.45, 7) is 5.38. The summed E-state index contributed by atoms with van der Waals surface area (Å²) >= 11 is 0. The predicted octanol–water partition coefficient (Wildman–Crippen LogP) is 2.07. The Labute approximate surface area is 128 Å². The van der Waals surface area contributed by atoms with Crippen LogP contribution in [0.2, 0.25) is 0 Å². The molecule has 0 spiro atoms. The summed E-state index contributed by atoms with van der Waals surface area (Å²) in [6.07, 6.45) is 4.84. The molecule has 7 heteroatoms. The minimum atomic E-state index is -3.65. The van der Waals surface area contributed by atoms with Gasteiger partial charge in [-0.1, -0.05) is 19.3 Å². The Bertz CT molecular complexity index is 450. The highest BCUT2D eigenvalue weighted by Gasteiger charge is 2.38. The van der Waals surface area contributed by atoms with Crippen LogP contribution in [-0.2, 0) is 15.0 Å². The molecule has 0 radical (unpaired) electrons. The summed E-state index contributed by atoms with van der Waals surface area (Å²) in [4.78, 5) is 10.8. The average molecular weight is 320 g/mol. The van der Waals surface area contributed by atoms with E-state index in [9.17, 15) is 13.2 Å². The van der Waals surface area contributed by atoms with E-state index in [-0.39, 0.29) is 19.0 Å². The number of aliphatic carboxylic acids is 1. The van der Waals surface area contributed by atoms with Gasteiger partial charge in [0.15, 0.2) is 0 Å². The van der Waals surface area contributed by atoms with Crippen molar-refractivity contribution in [1.82, 2.24) is 8.61 Å². The summed E-state index contributed by atoms with van der Waals surface area (Å²) in [6, 6.07) is 0.0263. The molecule has 0 saturated heterocycles. The number of carboxylic acids is 1. The zero-order valence-corrected chi connectivity index (χ0v) is 14.3. The van der Waals surface area contributed by atoms with Gasteiger partial charge in [0.25, 0.3) is 10.2 Å². The highest BCUT2D eigenvalue weighted by atomic mass is 32.2. The number of hydrogen-bond acceptors (Lipinski definition) is 3. The van der Waals surface area contributed by atoms with Gasteiger partial charge in [0.2, 0.25) is 0 Å². The van der Waals surface area contributed by atoms with Crippen LogP contribution >= 0.6 is 0 Å².